The third kappa shape index (κ3) is 3.41. The van der Waals surface area contributed by atoms with Crippen molar-refractivity contribution in [2.45, 2.75) is 27.2 Å². The second-order valence-corrected chi connectivity index (χ2v) is 4.54. The number of aryl methyl sites for hydroxylation is 2. The summed E-state index contributed by atoms with van der Waals surface area (Å²) in [5.41, 5.74) is 1.18. The van der Waals surface area contributed by atoms with Crippen LogP contribution in [0.4, 0.5) is 0 Å². The van der Waals surface area contributed by atoms with E-state index in [0.29, 0.717) is 13.0 Å². The van der Waals surface area contributed by atoms with Crippen LogP contribution in [0.2, 0.25) is 0 Å². The van der Waals surface area contributed by atoms with Crippen molar-refractivity contribution >= 4 is 17.2 Å². The third-order valence-electron chi connectivity index (χ3n) is 2.10. The molecule has 1 aromatic rings. The van der Waals surface area contributed by atoms with Gasteiger partial charge < -0.3 is 5.32 Å². The van der Waals surface area contributed by atoms with Crippen LogP contribution in [-0.2, 0) is 0 Å². The monoisotopic (exact) mass is 221 g/mol. The second-order valence-electron chi connectivity index (χ2n) is 3.28. The van der Waals surface area contributed by atoms with Crippen LogP contribution in [0.1, 0.15) is 33.5 Å². The molecular weight excluding hydrogens is 206 g/mol. The Kier molecular flexibility index (Phi) is 4.38. The number of thiophene rings is 1. The van der Waals surface area contributed by atoms with Crippen molar-refractivity contribution in [1.29, 1.82) is 0 Å². The average molecular weight is 221 g/mol. The molecule has 0 unspecified atom stereocenters. The Morgan fingerprint density at radius 1 is 1.53 bits per heavy atom. The number of carbonyl (C=O) groups is 1. The summed E-state index contributed by atoms with van der Waals surface area (Å²) in [6.07, 6.45) is 0.714. The molecule has 0 aromatic carbocycles. The average Bonchev–Trinajstić information content (AvgIpc) is 2.54. The molecule has 1 N–H and O–H groups in total. The van der Waals surface area contributed by atoms with Crippen LogP contribution in [0.25, 0.3) is 0 Å². The Labute approximate surface area is 94.7 Å². The van der Waals surface area contributed by atoms with E-state index in [9.17, 15) is 4.79 Å². The summed E-state index contributed by atoms with van der Waals surface area (Å²) < 4.78 is 0. The molecule has 0 saturated heterocycles. The molecule has 0 radical (unpaired) electrons. The molecule has 1 heterocycles. The molecule has 0 atom stereocenters. The summed E-state index contributed by atoms with van der Waals surface area (Å²) in [6, 6.07) is 1.93. The topological polar surface area (TPSA) is 29.1 Å². The summed E-state index contributed by atoms with van der Waals surface area (Å²) in [7, 11) is 0. The molecule has 2 nitrogen and oxygen atoms in total. The molecule has 0 aliphatic carbocycles. The zero-order valence-corrected chi connectivity index (χ0v) is 10.1. The van der Waals surface area contributed by atoms with Gasteiger partial charge in [0.2, 0.25) is 0 Å². The fourth-order valence-electron chi connectivity index (χ4n) is 1.14. The van der Waals surface area contributed by atoms with Gasteiger partial charge in [-0.1, -0.05) is 0 Å². The van der Waals surface area contributed by atoms with Crippen LogP contribution >= 0.6 is 11.3 Å². The van der Waals surface area contributed by atoms with E-state index in [1.165, 1.54) is 21.8 Å². The molecule has 80 valence electrons. The maximum absolute atomic E-state index is 11.6. The van der Waals surface area contributed by atoms with Gasteiger partial charge in [-0.25, -0.2) is 0 Å². The Balaban J connectivity index is 2.49. The molecule has 0 saturated carbocycles. The third-order valence-corrected chi connectivity index (χ3v) is 3.25. The van der Waals surface area contributed by atoms with Crippen molar-refractivity contribution in [1.82, 2.24) is 5.32 Å². The number of amides is 1. The highest BCUT2D eigenvalue weighted by atomic mass is 32.1. The Morgan fingerprint density at radius 3 is 2.80 bits per heavy atom. The van der Waals surface area contributed by atoms with Gasteiger partial charge in [-0.15, -0.1) is 23.2 Å². The SMILES string of the molecule is CC#CCCNC(=O)c1cc(C)c(C)s1. The zero-order valence-electron chi connectivity index (χ0n) is 9.31. The fourth-order valence-corrected chi connectivity index (χ4v) is 2.09. The largest absolute Gasteiger partial charge is 0.350 e. The predicted octanol–water partition coefficient (Wildman–Crippen LogP) is 2.51. The molecule has 0 fully saturated rings. The van der Waals surface area contributed by atoms with E-state index < -0.39 is 0 Å². The lowest BCUT2D eigenvalue weighted by Gasteiger charge is -1.98. The van der Waals surface area contributed by atoms with Crippen molar-refractivity contribution in [2.24, 2.45) is 0 Å². The van der Waals surface area contributed by atoms with Gasteiger partial charge in [0, 0.05) is 17.8 Å². The van der Waals surface area contributed by atoms with Crippen LogP contribution in [0, 0.1) is 25.7 Å². The molecule has 0 aliphatic heterocycles. The zero-order chi connectivity index (χ0) is 11.3. The summed E-state index contributed by atoms with van der Waals surface area (Å²) in [5.74, 6) is 5.71. The molecule has 1 aromatic heterocycles. The molecule has 0 spiro atoms. The molecular formula is C12H15NOS. The molecule has 15 heavy (non-hydrogen) atoms. The first-order valence-corrected chi connectivity index (χ1v) is 5.71. The van der Waals surface area contributed by atoms with E-state index in [4.69, 9.17) is 0 Å². The predicted molar refractivity (Wildman–Crippen MR) is 64.2 cm³/mol. The van der Waals surface area contributed by atoms with Gasteiger partial charge >= 0.3 is 0 Å². The van der Waals surface area contributed by atoms with Gasteiger partial charge in [0.1, 0.15) is 0 Å². The minimum Gasteiger partial charge on any atom is -0.350 e. The number of hydrogen-bond donors (Lipinski definition) is 1. The summed E-state index contributed by atoms with van der Waals surface area (Å²) in [6.45, 7) is 6.47. The lowest BCUT2D eigenvalue weighted by molar-refractivity contribution is 0.0958. The number of nitrogens with one attached hydrogen (secondary N) is 1. The number of carbonyl (C=O) groups excluding carboxylic acids is 1. The first-order chi connectivity index (χ1) is 7.15. The normalized spacial score (nSPS) is 9.27. The van der Waals surface area contributed by atoms with Crippen LogP contribution in [0.15, 0.2) is 6.07 Å². The second kappa shape index (κ2) is 5.57. The molecule has 0 bridgehead atoms. The minimum absolute atomic E-state index is 0.00843. The van der Waals surface area contributed by atoms with E-state index in [2.05, 4.69) is 17.2 Å². The van der Waals surface area contributed by atoms with Crippen LogP contribution < -0.4 is 5.32 Å². The van der Waals surface area contributed by atoms with Gasteiger partial charge in [-0.3, -0.25) is 4.79 Å². The standard InChI is InChI=1S/C12H15NOS/c1-4-5-6-7-13-12(14)11-8-9(2)10(3)15-11/h8H,6-7H2,1-3H3,(H,13,14). The van der Waals surface area contributed by atoms with Gasteiger partial charge in [0.15, 0.2) is 0 Å². The van der Waals surface area contributed by atoms with Gasteiger partial charge in [-0.05, 0) is 32.4 Å². The van der Waals surface area contributed by atoms with Gasteiger partial charge in [0.25, 0.3) is 5.91 Å². The van der Waals surface area contributed by atoms with Crippen LogP contribution in [0.3, 0.4) is 0 Å². The first-order valence-electron chi connectivity index (χ1n) is 4.90. The van der Waals surface area contributed by atoms with Crippen molar-refractivity contribution in [2.75, 3.05) is 6.54 Å². The quantitative estimate of drug-likeness (QED) is 0.616. The lowest BCUT2D eigenvalue weighted by Crippen LogP contribution is -2.23. The van der Waals surface area contributed by atoms with Crippen molar-refractivity contribution in [3.8, 4) is 11.8 Å². The molecule has 1 rings (SSSR count). The van der Waals surface area contributed by atoms with Crippen LogP contribution in [-0.4, -0.2) is 12.5 Å². The molecule has 0 aliphatic rings. The van der Waals surface area contributed by atoms with Gasteiger partial charge in [0.05, 0.1) is 4.88 Å². The van der Waals surface area contributed by atoms with E-state index in [0.717, 1.165) is 4.88 Å². The van der Waals surface area contributed by atoms with Crippen molar-refractivity contribution < 1.29 is 4.79 Å². The van der Waals surface area contributed by atoms with E-state index in [1.807, 2.05) is 19.9 Å². The highest BCUT2D eigenvalue weighted by molar-refractivity contribution is 7.14. The van der Waals surface area contributed by atoms with Crippen molar-refractivity contribution in [3.05, 3.63) is 21.4 Å². The fraction of sp³-hybridized carbons (Fsp3) is 0.417. The Hall–Kier alpha value is -1.27. The first kappa shape index (κ1) is 11.8. The Bertz CT molecular complexity index is 389. The maximum Gasteiger partial charge on any atom is 0.261 e. The molecule has 3 heteroatoms. The van der Waals surface area contributed by atoms with E-state index in [-0.39, 0.29) is 5.91 Å². The summed E-state index contributed by atoms with van der Waals surface area (Å²) in [5, 5.41) is 2.84. The minimum atomic E-state index is 0.00843. The van der Waals surface area contributed by atoms with Gasteiger partial charge in [-0.2, -0.15) is 0 Å². The van der Waals surface area contributed by atoms with E-state index in [1.54, 1.807) is 6.92 Å². The highest BCUT2D eigenvalue weighted by Crippen LogP contribution is 2.20. The Morgan fingerprint density at radius 2 is 2.27 bits per heavy atom. The summed E-state index contributed by atoms with van der Waals surface area (Å²) >= 11 is 1.54. The van der Waals surface area contributed by atoms with Crippen molar-refractivity contribution in [3.63, 3.8) is 0 Å². The summed E-state index contributed by atoms with van der Waals surface area (Å²) in [4.78, 5) is 13.6. The number of hydrogen-bond acceptors (Lipinski definition) is 2. The van der Waals surface area contributed by atoms with Crippen LogP contribution in [0.5, 0.6) is 0 Å². The number of rotatable bonds is 3. The van der Waals surface area contributed by atoms with E-state index >= 15 is 0 Å². The molecule has 1 amide bonds. The smallest absolute Gasteiger partial charge is 0.261 e. The maximum atomic E-state index is 11.6. The lowest BCUT2D eigenvalue weighted by atomic mass is 10.3. The highest BCUT2D eigenvalue weighted by Gasteiger charge is 2.08.